The van der Waals surface area contributed by atoms with Crippen molar-refractivity contribution >= 4 is 22.0 Å². The Morgan fingerprint density at radius 1 is 1.21 bits per heavy atom. The molecule has 0 saturated heterocycles. The van der Waals surface area contributed by atoms with Crippen molar-refractivity contribution in [3.05, 3.63) is 64.4 Å². The summed E-state index contributed by atoms with van der Waals surface area (Å²) in [6.45, 7) is 0.373. The minimum Gasteiger partial charge on any atom is -0.445 e. The number of aliphatic hydroxyl groups excluding tert-OH is 2. The lowest BCUT2D eigenvalue weighted by atomic mass is 10.0. The lowest BCUT2D eigenvalue weighted by Gasteiger charge is -2.18. The third-order valence-electron chi connectivity index (χ3n) is 3.38. The van der Waals surface area contributed by atoms with Crippen LogP contribution in [0.3, 0.4) is 0 Å². The number of alkyl carbamates (subject to hydrolysis) is 1. The molecule has 1 heterocycles. The van der Waals surface area contributed by atoms with Gasteiger partial charge in [0.1, 0.15) is 17.3 Å². The summed E-state index contributed by atoms with van der Waals surface area (Å²) in [5, 5.41) is 22.6. The number of pyridine rings is 1. The SMILES string of the molecule is O=C(NCCC(O)C(O)c1ccc(Br)nc1)OCc1ccccc1. The maximum Gasteiger partial charge on any atom is 0.407 e. The van der Waals surface area contributed by atoms with Gasteiger partial charge in [-0.3, -0.25) is 0 Å². The standard InChI is InChI=1S/C17H19BrN2O4/c18-15-7-6-13(10-20-15)16(22)14(21)8-9-19-17(23)24-11-12-4-2-1-3-5-12/h1-7,10,14,16,21-22H,8-9,11H2,(H,19,23). The van der Waals surface area contributed by atoms with E-state index in [-0.39, 0.29) is 19.6 Å². The first kappa shape index (κ1) is 18.4. The molecule has 0 aliphatic heterocycles. The summed E-state index contributed by atoms with van der Waals surface area (Å²) in [6, 6.07) is 12.7. The van der Waals surface area contributed by atoms with Gasteiger partial charge in [0.2, 0.25) is 0 Å². The molecule has 0 radical (unpaired) electrons. The van der Waals surface area contributed by atoms with Gasteiger partial charge in [0.15, 0.2) is 0 Å². The number of benzene rings is 1. The molecule has 0 spiro atoms. The third kappa shape index (κ3) is 5.92. The summed E-state index contributed by atoms with van der Waals surface area (Å²) in [4.78, 5) is 15.6. The lowest BCUT2D eigenvalue weighted by Crippen LogP contribution is -2.29. The van der Waals surface area contributed by atoms with E-state index in [1.54, 1.807) is 12.1 Å². The predicted octanol–water partition coefficient (Wildman–Crippen LogP) is 2.55. The van der Waals surface area contributed by atoms with Gasteiger partial charge in [0, 0.05) is 18.3 Å². The summed E-state index contributed by atoms with van der Waals surface area (Å²) < 4.78 is 5.71. The van der Waals surface area contributed by atoms with E-state index in [0.29, 0.717) is 10.2 Å². The van der Waals surface area contributed by atoms with Gasteiger partial charge in [0.05, 0.1) is 6.10 Å². The van der Waals surface area contributed by atoms with Crippen LogP contribution in [0.2, 0.25) is 0 Å². The number of halogens is 1. The van der Waals surface area contributed by atoms with Gasteiger partial charge in [-0.25, -0.2) is 9.78 Å². The van der Waals surface area contributed by atoms with Crippen molar-refractivity contribution in [1.29, 1.82) is 0 Å². The number of aromatic nitrogens is 1. The van der Waals surface area contributed by atoms with E-state index in [1.165, 1.54) is 6.20 Å². The van der Waals surface area contributed by atoms with E-state index in [2.05, 4.69) is 26.2 Å². The number of hydrogen-bond donors (Lipinski definition) is 3. The van der Waals surface area contributed by atoms with Gasteiger partial charge in [-0.05, 0) is 34.0 Å². The first-order valence-electron chi connectivity index (χ1n) is 7.48. The Bertz CT molecular complexity index is 637. The van der Waals surface area contributed by atoms with Crippen LogP contribution in [0.4, 0.5) is 4.79 Å². The smallest absolute Gasteiger partial charge is 0.407 e. The molecule has 128 valence electrons. The van der Waals surface area contributed by atoms with Crippen LogP contribution in [-0.4, -0.2) is 33.9 Å². The summed E-state index contributed by atoms with van der Waals surface area (Å²) >= 11 is 3.20. The number of ether oxygens (including phenoxy) is 1. The highest BCUT2D eigenvalue weighted by Gasteiger charge is 2.18. The Kier molecular flexibility index (Phi) is 7.17. The van der Waals surface area contributed by atoms with Crippen molar-refractivity contribution in [2.24, 2.45) is 0 Å². The van der Waals surface area contributed by atoms with Crippen molar-refractivity contribution in [2.75, 3.05) is 6.54 Å². The zero-order valence-electron chi connectivity index (χ0n) is 12.9. The minimum atomic E-state index is -1.06. The van der Waals surface area contributed by atoms with Crippen LogP contribution in [0.15, 0.2) is 53.3 Å². The van der Waals surface area contributed by atoms with Gasteiger partial charge in [-0.15, -0.1) is 0 Å². The Hall–Kier alpha value is -1.96. The van der Waals surface area contributed by atoms with Crippen molar-refractivity contribution in [3.8, 4) is 0 Å². The number of hydrogen-bond acceptors (Lipinski definition) is 5. The highest BCUT2D eigenvalue weighted by atomic mass is 79.9. The molecule has 2 atom stereocenters. The molecule has 0 saturated carbocycles. The van der Waals surface area contributed by atoms with Crippen LogP contribution in [-0.2, 0) is 11.3 Å². The normalized spacial score (nSPS) is 13.1. The van der Waals surface area contributed by atoms with Crippen molar-refractivity contribution < 1.29 is 19.7 Å². The fourth-order valence-electron chi connectivity index (χ4n) is 2.04. The van der Waals surface area contributed by atoms with Crippen LogP contribution in [0, 0.1) is 0 Å². The summed E-state index contributed by atoms with van der Waals surface area (Å²) in [7, 11) is 0. The molecule has 6 nitrogen and oxygen atoms in total. The van der Waals surface area contributed by atoms with Crippen LogP contribution in [0.5, 0.6) is 0 Å². The molecular formula is C17H19BrN2O4. The highest BCUT2D eigenvalue weighted by molar-refractivity contribution is 9.10. The molecule has 3 N–H and O–H groups in total. The molecule has 0 aliphatic rings. The quantitative estimate of drug-likeness (QED) is 0.627. The van der Waals surface area contributed by atoms with Crippen molar-refractivity contribution in [2.45, 2.75) is 25.2 Å². The molecule has 2 aromatic rings. The molecule has 24 heavy (non-hydrogen) atoms. The molecule has 2 unspecified atom stereocenters. The average molecular weight is 395 g/mol. The summed E-state index contributed by atoms with van der Waals surface area (Å²) in [5.41, 5.74) is 1.41. The molecule has 7 heteroatoms. The molecule has 0 aliphatic carbocycles. The molecule has 1 aromatic heterocycles. The first-order chi connectivity index (χ1) is 11.6. The maximum atomic E-state index is 11.6. The lowest BCUT2D eigenvalue weighted by molar-refractivity contribution is 0.0134. The number of carbonyl (C=O) groups excluding carboxylic acids is 1. The number of carbonyl (C=O) groups is 1. The Labute approximate surface area is 148 Å². The topological polar surface area (TPSA) is 91.7 Å². The Morgan fingerprint density at radius 3 is 2.62 bits per heavy atom. The minimum absolute atomic E-state index is 0.183. The largest absolute Gasteiger partial charge is 0.445 e. The van der Waals surface area contributed by atoms with Gasteiger partial charge < -0.3 is 20.3 Å². The van der Waals surface area contributed by atoms with Gasteiger partial charge in [-0.1, -0.05) is 36.4 Å². The predicted molar refractivity (Wildman–Crippen MR) is 92.2 cm³/mol. The fourth-order valence-corrected chi connectivity index (χ4v) is 2.27. The van der Waals surface area contributed by atoms with E-state index in [9.17, 15) is 15.0 Å². The number of amides is 1. The monoisotopic (exact) mass is 394 g/mol. The molecule has 2 rings (SSSR count). The molecule has 0 fully saturated rings. The fraction of sp³-hybridized carbons (Fsp3) is 0.294. The van der Waals surface area contributed by atoms with Gasteiger partial charge >= 0.3 is 6.09 Å². The van der Waals surface area contributed by atoms with Crippen LogP contribution < -0.4 is 5.32 Å². The second-order valence-corrected chi connectivity index (χ2v) is 6.02. The van der Waals surface area contributed by atoms with E-state index in [0.717, 1.165) is 5.56 Å². The van der Waals surface area contributed by atoms with Crippen LogP contribution >= 0.6 is 15.9 Å². The van der Waals surface area contributed by atoms with Gasteiger partial charge in [0.25, 0.3) is 0 Å². The average Bonchev–Trinajstić information content (AvgIpc) is 2.61. The summed E-state index contributed by atoms with van der Waals surface area (Å²) in [5.74, 6) is 0. The second-order valence-electron chi connectivity index (χ2n) is 5.20. The van der Waals surface area contributed by atoms with E-state index in [1.807, 2.05) is 30.3 Å². The van der Waals surface area contributed by atoms with E-state index < -0.39 is 18.3 Å². The number of nitrogens with one attached hydrogen (secondary N) is 1. The maximum absolute atomic E-state index is 11.6. The van der Waals surface area contributed by atoms with Gasteiger partial charge in [-0.2, -0.15) is 0 Å². The van der Waals surface area contributed by atoms with Crippen molar-refractivity contribution in [1.82, 2.24) is 10.3 Å². The van der Waals surface area contributed by atoms with Crippen molar-refractivity contribution in [3.63, 3.8) is 0 Å². The van der Waals surface area contributed by atoms with Crippen LogP contribution in [0.25, 0.3) is 0 Å². The summed E-state index contributed by atoms with van der Waals surface area (Å²) in [6.07, 6.45) is -0.960. The van der Waals surface area contributed by atoms with E-state index in [4.69, 9.17) is 4.74 Å². The number of aliphatic hydroxyl groups is 2. The number of nitrogens with zero attached hydrogens (tertiary/aromatic N) is 1. The molecule has 0 bridgehead atoms. The number of rotatable bonds is 7. The van der Waals surface area contributed by atoms with Crippen LogP contribution in [0.1, 0.15) is 23.7 Å². The third-order valence-corrected chi connectivity index (χ3v) is 3.85. The Balaban J connectivity index is 1.68. The zero-order valence-corrected chi connectivity index (χ0v) is 14.5. The Morgan fingerprint density at radius 2 is 1.96 bits per heavy atom. The second kappa shape index (κ2) is 9.36. The molecular weight excluding hydrogens is 376 g/mol. The molecule has 1 aromatic carbocycles. The van der Waals surface area contributed by atoms with E-state index >= 15 is 0 Å². The first-order valence-corrected chi connectivity index (χ1v) is 8.27. The molecule has 1 amide bonds. The highest BCUT2D eigenvalue weighted by Crippen LogP contribution is 2.19. The zero-order chi connectivity index (χ0) is 17.4.